The molecule has 5 nitrogen and oxygen atoms in total. The summed E-state index contributed by atoms with van der Waals surface area (Å²) in [6.07, 6.45) is 3.75. The standard InChI is InChI=1S/C27H34N2O3/c1-7-9-14-27(3,4)19-16-22(31-5)25(23(17-19)32-6)26-21(28-24(30)8-2)15-18-12-10-11-13-20(18)29-26/h10-13,15-17H,7-9,14H2,1-6H3,(H,28,30). The van der Waals surface area contributed by atoms with Crippen molar-refractivity contribution in [2.75, 3.05) is 19.5 Å². The summed E-state index contributed by atoms with van der Waals surface area (Å²) in [7, 11) is 3.32. The maximum atomic E-state index is 12.3. The fourth-order valence-corrected chi connectivity index (χ4v) is 3.94. The monoisotopic (exact) mass is 434 g/mol. The van der Waals surface area contributed by atoms with Crippen LogP contribution in [0.5, 0.6) is 11.5 Å². The number of unbranched alkanes of at least 4 members (excludes halogenated alkanes) is 1. The number of anilines is 1. The first-order valence-electron chi connectivity index (χ1n) is 11.3. The molecule has 0 spiro atoms. The average Bonchev–Trinajstić information content (AvgIpc) is 2.81. The molecule has 0 unspecified atom stereocenters. The first-order valence-corrected chi connectivity index (χ1v) is 11.3. The second-order valence-corrected chi connectivity index (χ2v) is 8.72. The molecule has 0 saturated carbocycles. The Morgan fingerprint density at radius 2 is 1.69 bits per heavy atom. The number of ether oxygens (including phenoxy) is 2. The quantitative estimate of drug-likeness (QED) is 0.405. The van der Waals surface area contributed by atoms with Crippen LogP contribution in [0, 0.1) is 0 Å². The van der Waals surface area contributed by atoms with Crippen LogP contribution >= 0.6 is 0 Å². The number of benzene rings is 2. The van der Waals surface area contributed by atoms with Crippen molar-refractivity contribution in [1.82, 2.24) is 4.98 Å². The Bertz CT molecular complexity index is 1080. The summed E-state index contributed by atoms with van der Waals surface area (Å²) in [5, 5.41) is 3.97. The Kier molecular flexibility index (Phi) is 7.39. The second kappa shape index (κ2) is 10.0. The highest BCUT2D eigenvalue weighted by atomic mass is 16.5. The Morgan fingerprint density at radius 1 is 1.03 bits per heavy atom. The summed E-state index contributed by atoms with van der Waals surface area (Å²) >= 11 is 0. The van der Waals surface area contributed by atoms with Gasteiger partial charge >= 0.3 is 0 Å². The van der Waals surface area contributed by atoms with Gasteiger partial charge in [-0.3, -0.25) is 4.79 Å². The average molecular weight is 435 g/mol. The van der Waals surface area contributed by atoms with Gasteiger partial charge in [0.05, 0.1) is 31.0 Å². The fourth-order valence-electron chi connectivity index (χ4n) is 3.94. The van der Waals surface area contributed by atoms with Gasteiger partial charge < -0.3 is 14.8 Å². The number of carbonyl (C=O) groups is 1. The number of methoxy groups -OCH3 is 2. The summed E-state index contributed by atoms with van der Waals surface area (Å²) in [5.74, 6) is 1.29. The van der Waals surface area contributed by atoms with E-state index in [4.69, 9.17) is 14.5 Å². The summed E-state index contributed by atoms with van der Waals surface area (Å²) in [4.78, 5) is 17.2. The molecule has 0 radical (unpaired) electrons. The fraction of sp³-hybridized carbons (Fsp3) is 0.407. The largest absolute Gasteiger partial charge is 0.496 e. The zero-order chi connectivity index (χ0) is 23.3. The van der Waals surface area contributed by atoms with Crippen molar-refractivity contribution in [3.8, 4) is 22.8 Å². The summed E-state index contributed by atoms with van der Waals surface area (Å²) in [5.41, 5.74) is 3.99. The normalized spacial score (nSPS) is 11.4. The molecule has 1 N–H and O–H groups in total. The van der Waals surface area contributed by atoms with E-state index >= 15 is 0 Å². The van der Waals surface area contributed by atoms with E-state index in [1.165, 1.54) is 0 Å². The van der Waals surface area contributed by atoms with E-state index in [2.05, 4.69) is 38.2 Å². The summed E-state index contributed by atoms with van der Waals surface area (Å²) in [6, 6.07) is 14.0. The van der Waals surface area contributed by atoms with Crippen molar-refractivity contribution < 1.29 is 14.3 Å². The lowest BCUT2D eigenvalue weighted by molar-refractivity contribution is -0.115. The van der Waals surface area contributed by atoms with Crippen LogP contribution in [0.25, 0.3) is 22.2 Å². The maximum absolute atomic E-state index is 12.3. The molecule has 1 amide bonds. The third-order valence-corrected chi connectivity index (χ3v) is 6.00. The van der Waals surface area contributed by atoms with Crippen molar-refractivity contribution in [2.24, 2.45) is 0 Å². The van der Waals surface area contributed by atoms with Crippen molar-refractivity contribution in [2.45, 2.75) is 58.8 Å². The number of hydrogen-bond acceptors (Lipinski definition) is 4. The van der Waals surface area contributed by atoms with Gasteiger partial charge in [0.2, 0.25) is 5.91 Å². The maximum Gasteiger partial charge on any atom is 0.224 e. The van der Waals surface area contributed by atoms with Crippen molar-refractivity contribution >= 4 is 22.5 Å². The molecule has 5 heteroatoms. The molecule has 0 bridgehead atoms. The molecule has 0 aliphatic rings. The molecular formula is C27H34N2O3. The van der Waals surface area contributed by atoms with Gasteiger partial charge in [0, 0.05) is 11.8 Å². The molecule has 0 fully saturated rings. The molecule has 170 valence electrons. The molecule has 0 aliphatic carbocycles. The number of nitrogens with one attached hydrogen (secondary N) is 1. The van der Waals surface area contributed by atoms with E-state index in [-0.39, 0.29) is 11.3 Å². The Balaban J connectivity index is 2.26. The number of para-hydroxylation sites is 1. The van der Waals surface area contributed by atoms with Crippen LogP contribution in [-0.2, 0) is 10.2 Å². The lowest BCUT2D eigenvalue weighted by Crippen LogP contribution is -2.17. The van der Waals surface area contributed by atoms with Crippen molar-refractivity contribution in [1.29, 1.82) is 0 Å². The van der Waals surface area contributed by atoms with Crippen molar-refractivity contribution in [3.63, 3.8) is 0 Å². The number of aromatic nitrogens is 1. The van der Waals surface area contributed by atoms with E-state index in [1.807, 2.05) is 37.3 Å². The Labute approximate surface area is 191 Å². The second-order valence-electron chi connectivity index (χ2n) is 8.72. The van der Waals surface area contributed by atoms with E-state index in [0.717, 1.165) is 41.3 Å². The SMILES string of the molecule is CCCCC(C)(C)c1cc(OC)c(-c2nc3ccccc3cc2NC(=O)CC)c(OC)c1. The van der Waals surface area contributed by atoms with Crippen molar-refractivity contribution in [3.05, 3.63) is 48.0 Å². The molecule has 0 saturated heterocycles. The topological polar surface area (TPSA) is 60.5 Å². The van der Waals surface area contributed by atoms with Gasteiger partial charge in [-0.2, -0.15) is 0 Å². The number of amides is 1. The third kappa shape index (κ3) is 4.87. The third-order valence-electron chi connectivity index (χ3n) is 6.00. The predicted octanol–water partition coefficient (Wildman–Crippen LogP) is 6.74. The van der Waals surface area contributed by atoms with Crippen LogP contribution < -0.4 is 14.8 Å². The molecule has 1 aromatic heterocycles. The number of hydrogen-bond donors (Lipinski definition) is 1. The molecule has 2 aromatic carbocycles. The van der Waals surface area contributed by atoms with Crippen LogP contribution in [0.1, 0.15) is 58.9 Å². The number of nitrogens with zero attached hydrogens (tertiary/aromatic N) is 1. The van der Waals surface area contributed by atoms with E-state index in [0.29, 0.717) is 29.3 Å². The summed E-state index contributed by atoms with van der Waals surface area (Å²) in [6.45, 7) is 8.53. The molecule has 1 heterocycles. The lowest BCUT2D eigenvalue weighted by Gasteiger charge is -2.27. The smallest absolute Gasteiger partial charge is 0.224 e. The molecule has 3 rings (SSSR count). The molecule has 32 heavy (non-hydrogen) atoms. The lowest BCUT2D eigenvalue weighted by atomic mass is 9.79. The number of pyridine rings is 1. The minimum Gasteiger partial charge on any atom is -0.496 e. The van der Waals surface area contributed by atoms with Crippen LogP contribution in [-0.4, -0.2) is 25.1 Å². The van der Waals surface area contributed by atoms with E-state index in [1.54, 1.807) is 14.2 Å². The highest BCUT2D eigenvalue weighted by molar-refractivity contribution is 5.99. The Hall–Kier alpha value is -3.08. The van der Waals surface area contributed by atoms with Crippen LogP contribution in [0.4, 0.5) is 5.69 Å². The van der Waals surface area contributed by atoms with Gasteiger partial charge in [-0.05, 0) is 41.7 Å². The molecule has 0 atom stereocenters. The van der Waals surface area contributed by atoms with Gasteiger partial charge in [-0.1, -0.05) is 58.7 Å². The van der Waals surface area contributed by atoms with Gasteiger partial charge in [-0.15, -0.1) is 0 Å². The minimum absolute atomic E-state index is 0.0226. The number of rotatable bonds is 9. The highest BCUT2D eigenvalue weighted by Crippen LogP contribution is 2.45. The molecule has 0 aliphatic heterocycles. The van der Waals surface area contributed by atoms with Crippen LogP contribution in [0.15, 0.2) is 42.5 Å². The summed E-state index contributed by atoms with van der Waals surface area (Å²) < 4.78 is 11.7. The molecule has 3 aromatic rings. The van der Waals surface area contributed by atoms with Crippen LogP contribution in [0.2, 0.25) is 0 Å². The van der Waals surface area contributed by atoms with Gasteiger partial charge in [0.15, 0.2) is 0 Å². The molecular weight excluding hydrogens is 400 g/mol. The number of fused-ring (bicyclic) bond motifs is 1. The number of carbonyl (C=O) groups excluding carboxylic acids is 1. The highest BCUT2D eigenvalue weighted by Gasteiger charge is 2.26. The van der Waals surface area contributed by atoms with Gasteiger partial charge in [0.25, 0.3) is 0 Å². The van der Waals surface area contributed by atoms with Crippen LogP contribution in [0.3, 0.4) is 0 Å². The van der Waals surface area contributed by atoms with E-state index < -0.39 is 0 Å². The predicted molar refractivity (Wildman–Crippen MR) is 132 cm³/mol. The zero-order valence-electron chi connectivity index (χ0n) is 20.0. The first kappa shape index (κ1) is 23.6. The zero-order valence-corrected chi connectivity index (χ0v) is 20.0. The first-order chi connectivity index (χ1) is 15.3. The Morgan fingerprint density at radius 3 is 2.28 bits per heavy atom. The minimum atomic E-state index is -0.0708. The van der Waals surface area contributed by atoms with E-state index in [9.17, 15) is 4.79 Å². The van der Waals surface area contributed by atoms with Gasteiger partial charge in [0.1, 0.15) is 17.2 Å². The van der Waals surface area contributed by atoms with Gasteiger partial charge in [-0.25, -0.2) is 4.98 Å².